The lowest BCUT2D eigenvalue weighted by Gasteiger charge is -2.31. The number of benzene rings is 1. The maximum atomic E-state index is 12.8. The second kappa shape index (κ2) is 5.99. The van der Waals surface area contributed by atoms with E-state index < -0.39 is 11.7 Å². The van der Waals surface area contributed by atoms with E-state index >= 15 is 0 Å². The molecule has 0 aromatic heterocycles. The Morgan fingerprint density at radius 1 is 1.25 bits per heavy atom. The number of nitrogens with zero attached hydrogens (tertiary/aromatic N) is 1. The number of hydrogen-bond donors (Lipinski definition) is 1. The summed E-state index contributed by atoms with van der Waals surface area (Å²) in [7, 11) is 1.83. The molecule has 1 aromatic carbocycles. The quantitative estimate of drug-likeness (QED) is 0.858. The van der Waals surface area contributed by atoms with Gasteiger partial charge in [0, 0.05) is 24.3 Å². The number of thiocarbonyl (C=S) groups is 1. The van der Waals surface area contributed by atoms with Gasteiger partial charge in [-0.3, -0.25) is 0 Å². The van der Waals surface area contributed by atoms with Crippen LogP contribution in [0.2, 0.25) is 0 Å². The summed E-state index contributed by atoms with van der Waals surface area (Å²) >= 11 is 4.89. The molecular formula is C14H19F3N2S. The number of halogens is 3. The van der Waals surface area contributed by atoms with Gasteiger partial charge in [-0.25, -0.2) is 0 Å². The summed E-state index contributed by atoms with van der Waals surface area (Å²) in [6.07, 6.45) is -4.40. The van der Waals surface area contributed by atoms with Crippen LogP contribution in [0, 0.1) is 5.92 Å². The van der Waals surface area contributed by atoms with Gasteiger partial charge in [0.1, 0.15) is 4.99 Å². The number of nitrogens with two attached hydrogens (primary N) is 1. The summed E-state index contributed by atoms with van der Waals surface area (Å²) < 4.78 is 38.3. The van der Waals surface area contributed by atoms with Gasteiger partial charge in [-0.1, -0.05) is 26.1 Å². The molecule has 1 atom stereocenters. The Morgan fingerprint density at radius 3 is 2.20 bits per heavy atom. The molecule has 0 radical (unpaired) electrons. The van der Waals surface area contributed by atoms with Gasteiger partial charge in [0.05, 0.1) is 5.56 Å². The highest BCUT2D eigenvalue weighted by molar-refractivity contribution is 7.80. The lowest BCUT2D eigenvalue weighted by molar-refractivity contribution is -0.137. The van der Waals surface area contributed by atoms with Crippen molar-refractivity contribution in [1.82, 2.24) is 0 Å². The summed E-state index contributed by atoms with van der Waals surface area (Å²) in [6.45, 7) is 6.10. The predicted octanol–water partition coefficient (Wildman–Crippen LogP) is 3.82. The Labute approximate surface area is 122 Å². The van der Waals surface area contributed by atoms with Crippen molar-refractivity contribution in [3.63, 3.8) is 0 Å². The molecule has 2 nitrogen and oxygen atoms in total. The summed E-state index contributed by atoms with van der Waals surface area (Å²) in [5.74, 6) is 0.349. The zero-order valence-corrected chi connectivity index (χ0v) is 12.8. The number of hydrogen-bond acceptors (Lipinski definition) is 2. The number of rotatable bonds is 4. The standard InChI is InChI=1S/C14H19F3N2S/c1-8(2)9(3)19(4)12-6-5-10(14(15,16)17)7-11(12)13(18)20/h5-9H,1-4H3,(H2,18,20). The second-order valence-electron chi connectivity index (χ2n) is 5.19. The van der Waals surface area contributed by atoms with Crippen LogP contribution in [-0.4, -0.2) is 18.1 Å². The van der Waals surface area contributed by atoms with Crippen LogP contribution in [0.15, 0.2) is 18.2 Å². The fourth-order valence-corrected chi connectivity index (χ4v) is 2.05. The zero-order chi connectivity index (χ0) is 15.7. The van der Waals surface area contributed by atoms with Crippen LogP contribution < -0.4 is 10.6 Å². The summed E-state index contributed by atoms with van der Waals surface area (Å²) in [5.41, 5.74) is 5.71. The van der Waals surface area contributed by atoms with Crippen molar-refractivity contribution in [2.75, 3.05) is 11.9 Å². The van der Waals surface area contributed by atoms with Crippen molar-refractivity contribution in [1.29, 1.82) is 0 Å². The van der Waals surface area contributed by atoms with Crippen LogP contribution in [0.4, 0.5) is 18.9 Å². The first kappa shape index (κ1) is 16.8. The van der Waals surface area contributed by atoms with Gasteiger partial charge in [-0.05, 0) is 31.0 Å². The highest BCUT2D eigenvalue weighted by atomic mass is 32.1. The highest BCUT2D eigenvalue weighted by Gasteiger charge is 2.31. The largest absolute Gasteiger partial charge is 0.416 e. The first-order valence-electron chi connectivity index (χ1n) is 6.29. The van der Waals surface area contributed by atoms with E-state index in [-0.39, 0.29) is 16.6 Å². The predicted molar refractivity (Wildman–Crippen MR) is 80.0 cm³/mol. The molecule has 20 heavy (non-hydrogen) atoms. The van der Waals surface area contributed by atoms with E-state index in [1.54, 1.807) is 0 Å². The molecular weight excluding hydrogens is 285 g/mol. The molecule has 0 spiro atoms. The van der Waals surface area contributed by atoms with Crippen molar-refractivity contribution in [3.05, 3.63) is 29.3 Å². The van der Waals surface area contributed by atoms with Crippen molar-refractivity contribution >= 4 is 22.9 Å². The van der Waals surface area contributed by atoms with E-state index in [2.05, 4.69) is 0 Å². The van der Waals surface area contributed by atoms with Crippen molar-refractivity contribution in [2.45, 2.75) is 33.0 Å². The molecule has 0 aliphatic carbocycles. The van der Waals surface area contributed by atoms with Crippen molar-refractivity contribution < 1.29 is 13.2 Å². The minimum Gasteiger partial charge on any atom is -0.389 e. The number of alkyl halides is 3. The van der Waals surface area contributed by atoms with Gasteiger partial charge in [-0.2, -0.15) is 13.2 Å². The van der Waals surface area contributed by atoms with Gasteiger partial charge < -0.3 is 10.6 Å². The van der Waals surface area contributed by atoms with E-state index in [0.717, 1.165) is 12.1 Å². The topological polar surface area (TPSA) is 29.3 Å². The van der Waals surface area contributed by atoms with E-state index in [9.17, 15) is 13.2 Å². The van der Waals surface area contributed by atoms with E-state index in [1.807, 2.05) is 32.7 Å². The lowest BCUT2D eigenvalue weighted by atomic mass is 10.0. The van der Waals surface area contributed by atoms with Crippen LogP contribution in [0.3, 0.4) is 0 Å². The molecule has 0 fully saturated rings. The van der Waals surface area contributed by atoms with Gasteiger partial charge in [0.25, 0.3) is 0 Å². The molecule has 0 saturated heterocycles. The SMILES string of the molecule is CC(C)C(C)N(C)c1ccc(C(F)(F)F)cc1C(N)=S. The maximum absolute atomic E-state index is 12.8. The average Bonchev–Trinajstić information content (AvgIpc) is 2.34. The van der Waals surface area contributed by atoms with Crippen LogP contribution >= 0.6 is 12.2 Å². The van der Waals surface area contributed by atoms with Crippen LogP contribution in [0.5, 0.6) is 0 Å². The minimum absolute atomic E-state index is 0.0334. The first-order chi connectivity index (χ1) is 9.05. The van der Waals surface area contributed by atoms with E-state index in [0.29, 0.717) is 11.6 Å². The van der Waals surface area contributed by atoms with Crippen LogP contribution in [0.25, 0.3) is 0 Å². The molecule has 0 saturated carbocycles. The highest BCUT2D eigenvalue weighted by Crippen LogP contribution is 2.33. The van der Waals surface area contributed by atoms with Crippen LogP contribution in [-0.2, 0) is 6.18 Å². The fourth-order valence-electron chi connectivity index (χ4n) is 1.88. The Morgan fingerprint density at radius 2 is 1.80 bits per heavy atom. The Kier molecular flexibility index (Phi) is 5.02. The average molecular weight is 304 g/mol. The van der Waals surface area contributed by atoms with Gasteiger partial charge >= 0.3 is 6.18 Å². The molecule has 6 heteroatoms. The zero-order valence-electron chi connectivity index (χ0n) is 12.0. The van der Waals surface area contributed by atoms with Crippen LogP contribution in [0.1, 0.15) is 31.9 Å². The monoisotopic (exact) mass is 304 g/mol. The molecule has 1 unspecified atom stereocenters. The summed E-state index contributed by atoms with van der Waals surface area (Å²) in [5, 5.41) is 0. The third kappa shape index (κ3) is 3.62. The normalized spacial score (nSPS) is 13.4. The molecule has 1 aromatic rings. The molecule has 0 heterocycles. The smallest absolute Gasteiger partial charge is 0.389 e. The molecule has 0 bridgehead atoms. The second-order valence-corrected chi connectivity index (χ2v) is 5.63. The van der Waals surface area contributed by atoms with Crippen molar-refractivity contribution in [3.8, 4) is 0 Å². The Hall–Kier alpha value is -1.30. The molecule has 112 valence electrons. The maximum Gasteiger partial charge on any atom is 0.416 e. The summed E-state index contributed by atoms with van der Waals surface area (Å²) in [4.78, 5) is 1.87. The first-order valence-corrected chi connectivity index (χ1v) is 6.70. The Bertz CT molecular complexity index is 498. The Balaban J connectivity index is 3.31. The third-order valence-corrected chi connectivity index (χ3v) is 3.76. The van der Waals surface area contributed by atoms with Gasteiger partial charge in [0.2, 0.25) is 0 Å². The lowest BCUT2D eigenvalue weighted by Crippen LogP contribution is -2.34. The third-order valence-electron chi connectivity index (χ3n) is 3.55. The fraction of sp³-hybridized carbons (Fsp3) is 0.500. The summed E-state index contributed by atoms with van der Waals surface area (Å²) in [6, 6.07) is 3.65. The van der Waals surface area contributed by atoms with Gasteiger partial charge in [-0.15, -0.1) is 0 Å². The molecule has 0 amide bonds. The van der Waals surface area contributed by atoms with E-state index in [1.165, 1.54) is 6.07 Å². The van der Waals surface area contributed by atoms with Gasteiger partial charge in [0.15, 0.2) is 0 Å². The number of anilines is 1. The molecule has 0 aliphatic heterocycles. The molecule has 2 N–H and O–H groups in total. The van der Waals surface area contributed by atoms with E-state index in [4.69, 9.17) is 18.0 Å². The van der Waals surface area contributed by atoms with Crippen molar-refractivity contribution in [2.24, 2.45) is 11.7 Å². The molecule has 0 aliphatic rings. The molecule has 1 rings (SSSR count). The minimum atomic E-state index is -4.40.